The second kappa shape index (κ2) is 6.38. The van der Waals surface area contributed by atoms with E-state index in [1.807, 2.05) is 0 Å². The Kier molecular flexibility index (Phi) is 4.49. The zero-order valence-corrected chi connectivity index (χ0v) is 13.4. The lowest BCUT2D eigenvalue weighted by Crippen LogP contribution is -2.30. The standard InChI is InChI=1S/C16H22N2O3S/c19-16-9-6-13-10-14(7-8-15(13)18-16)22(20,21)17-11-12-4-2-1-3-5-12/h7-8,10,12,17H,1-6,9,11H2,(H,18,19). The van der Waals surface area contributed by atoms with Crippen molar-refractivity contribution in [2.45, 2.75) is 49.8 Å². The number of amides is 1. The summed E-state index contributed by atoms with van der Waals surface area (Å²) in [6, 6.07) is 4.92. The fourth-order valence-electron chi connectivity index (χ4n) is 3.23. The summed E-state index contributed by atoms with van der Waals surface area (Å²) < 4.78 is 27.6. The lowest BCUT2D eigenvalue weighted by Gasteiger charge is -2.22. The molecule has 1 aliphatic carbocycles. The minimum atomic E-state index is -3.47. The highest BCUT2D eigenvalue weighted by Gasteiger charge is 2.21. The molecule has 5 nitrogen and oxygen atoms in total. The van der Waals surface area contributed by atoms with Gasteiger partial charge in [0.15, 0.2) is 0 Å². The Labute approximate surface area is 131 Å². The molecule has 2 aliphatic rings. The molecule has 0 unspecified atom stereocenters. The van der Waals surface area contributed by atoms with E-state index in [2.05, 4.69) is 10.0 Å². The molecule has 1 aromatic carbocycles. The molecule has 6 heteroatoms. The molecule has 0 spiro atoms. The first-order valence-electron chi connectivity index (χ1n) is 7.97. The van der Waals surface area contributed by atoms with Crippen LogP contribution in [0, 0.1) is 5.92 Å². The highest BCUT2D eigenvalue weighted by Crippen LogP contribution is 2.26. The van der Waals surface area contributed by atoms with E-state index in [4.69, 9.17) is 0 Å². The number of carbonyl (C=O) groups is 1. The van der Waals surface area contributed by atoms with Crippen LogP contribution in [0.2, 0.25) is 0 Å². The molecule has 0 saturated heterocycles. The Morgan fingerprint density at radius 2 is 1.91 bits per heavy atom. The Morgan fingerprint density at radius 3 is 2.68 bits per heavy atom. The molecular weight excluding hydrogens is 300 g/mol. The zero-order chi connectivity index (χ0) is 15.6. The second-order valence-corrected chi connectivity index (χ2v) is 7.99. The van der Waals surface area contributed by atoms with Crippen LogP contribution in [-0.2, 0) is 21.2 Å². The molecule has 0 aromatic heterocycles. The van der Waals surface area contributed by atoms with Gasteiger partial charge in [-0.3, -0.25) is 4.79 Å². The van der Waals surface area contributed by atoms with Crippen LogP contribution < -0.4 is 10.0 Å². The smallest absolute Gasteiger partial charge is 0.240 e. The Hall–Kier alpha value is -1.40. The predicted molar refractivity (Wildman–Crippen MR) is 85.2 cm³/mol. The maximum atomic E-state index is 12.4. The summed E-state index contributed by atoms with van der Waals surface area (Å²) in [5.74, 6) is 0.443. The fraction of sp³-hybridized carbons (Fsp3) is 0.562. The molecule has 2 N–H and O–H groups in total. The van der Waals surface area contributed by atoms with Crippen LogP contribution in [0.1, 0.15) is 44.1 Å². The van der Waals surface area contributed by atoms with Crippen molar-refractivity contribution in [1.29, 1.82) is 0 Å². The van der Waals surface area contributed by atoms with Crippen molar-refractivity contribution < 1.29 is 13.2 Å². The van der Waals surface area contributed by atoms with Gasteiger partial charge < -0.3 is 5.32 Å². The van der Waals surface area contributed by atoms with Crippen molar-refractivity contribution in [2.75, 3.05) is 11.9 Å². The van der Waals surface area contributed by atoms with E-state index in [-0.39, 0.29) is 5.91 Å². The van der Waals surface area contributed by atoms with Crippen molar-refractivity contribution >= 4 is 21.6 Å². The largest absolute Gasteiger partial charge is 0.326 e. The molecule has 120 valence electrons. The van der Waals surface area contributed by atoms with Gasteiger partial charge in [-0.1, -0.05) is 19.3 Å². The summed E-state index contributed by atoms with van der Waals surface area (Å²) in [6.45, 7) is 0.524. The molecule has 1 amide bonds. The normalized spacial score (nSPS) is 19.5. The lowest BCUT2D eigenvalue weighted by molar-refractivity contribution is -0.116. The molecule has 0 atom stereocenters. The number of fused-ring (bicyclic) bond motifs is 1. The monoisotopic (exact) mass is 322 g/mol. The third kappa shape index (κ3) is 3.50. The number of hydrogen-bond donors (Lipinski definition) is 2. The first-order chi connectivity index (χ1) is 10.5. The van der Waals surface area contributed by atoms with E-state index in [9.17, 15) is 13.2 Å². The maximum Gasteiger partial charge on any atom is 0.240 e. The van der Waals surface area contributed by atoms with Crippen molar-refractivity contribution in [3.63, 3.8) is 0 Å². The van der Waals surface area contributed by atoms with Gasteiger partial charge in [0.05, 0.1) is 4.90 Å². The average molecular weight is 322 g/mol. The predicted octanol–water partition coefficient (Wildman–Crippen LogP) is 2.43. The quantitative estimate of drug-likeness (QED) is 0.894. The third-order valence-corrected chi connectivity index (χ3v) is 5.99. The summed E-state index contributed by atoms with van der Waals surface area (Å²) in [6.07, 6.45) is 6.88. The highest BCUT2D eigenvalue weighted by molar-refractivity contribution is 7.89. The Balaban J connectivity index is 1.70. The Bertz CT molecular complexity index is 664. The van der Waals surface area contributed by atoms with E-state index in [0.29, 0.717) is 30.2 Å². The van der Waals surface area contributed by atoms with Gasteiger partial charge in [0.1, 0.15) is 0 Å². The van der Waals surface area contributed by atoms with E-state index >= 15 is 0 Å². The molecule has 1 aromatic rings. The van der Waals surface area contributed by atoms with Gasteiger partial charge in [-0.2, -0.15) is 0 Å². The highest BCUT2D eigenvalue weighted by atomic mass is 32.2. The number of hydrogen-bond acceptors (Lipinski definition) is 3. The van der Waals surface area contributed by atoms with Crippen LogP contribution in [0.5, 0.6) is 0 Å². The van der Waals surface area contributed by atoms with Crippen molar-refractivity contribution in [1.82, 2.24) is 4.72 Å². The number of anilines is 1. The fourth-order valence-corrected chi connectivity index (χ4v) is 4.40. The molecular formula is C16H22N2O3S. The summed E-state index contributed by atoms with van der Waals surface area (Å²) in [7, 11) is -3.47. The average Bonchev–Trinajstić information content (AvgIpc) is 2.53. The summed E-state index contributed by atoms with van der Waals surface area (Å²) in [5.41, 5.74) is 1.61. The van der Waals surface area contributed by atoms with Crippen LogP contribution in [0.4, 0.5) is 5.69 Å². The van der Waals surface area contributed by atoms with Crippen molar-refractivity contribution in [3.05, 3.63) is 23.8 Å². The molecule has 3 rings (SSSR count). The molecule has 1 aliphatic heterocycles. The van der Waals surface area contributed by atoms with Crippen LogP contribution in [0.15, 0.2) is 23.1 Å². The van der Waals surface area contributed by atoms with Gasteiger partial charge >= 0.3 is 0 Å². The second-order valence-electron chi connectivity index (χ2n) is 6.22. The van der Waals surface area contributed by atoms with E-state index < -0.39 is 10.0 Å². The molecule has 0 radical (unpaired) electrons. The minimum absolute atomic E-state index is 0.0152. The molecule has 1 heterocycles. The first-order valence-corrected chi connectivity index (χ1v) is 9.45. The van der Waals surface area contributed by atoms with E-state index in [1.54, 1.807) is 18.2 Å². The molecule has 1 saturated carbocycles. The summed E-state index contributed by atoms with van der Waals surface area (Å²) in [5, 5.41) is 2.77. The number of rotatable bonds is 4. The third-order valence-electron chi connectivity index (χ3n) is 4.57. The zero-order valence-electron chi connectivity index (χ0n) is 12.6. The van der Waals surface area contributed by atoms with Gasteiger partial charge in [0, 0.05) is 18.7 Å². The maximum absolute atomic E-state index is 12.4. The van der Waals surface area contributed by atoms with Gasteiger partial charge in [-0.25, -0.2) is 13.1 Å². The SMILES string of the molecule is O=C1CCc2cc(S(=O)(=O)NCC3CCCCC3)ccc2N1. The van der Waals surface area contributed by atoms with Crippen molar-refractivity contribution in [2.24, 2.45) is 5.92 Å². The summed E-state index contributed by atoms with van der Waals surface area (Å²) in [4.78, 5) is 11.6. The van der Waals surface area contributed by atoms with Gasteiger partial charge in [0.25, 0.3) is 0 Å². The van der Waals surface area contributed by atoms with Crippen LogP contribution in [0.3, 0.4) is 0 Å². The van der Waals surface area contributed by atoms with Crippen LogP contribution in [-0.4, -0.2) is 20.9 Å². The lowest BCUT2D eigenvalue weighted by atomic mass is 9.90. The van der Waals surface area contributed by atoms with Crippen molar-refractivity contribution in [3.8, 4) is 0 Å². The number of nitrogens with one attached hydrogen (secondary N) is 2. The van der Waals surface area contributed by atoms with Gasteiger partial charge in [-0.15, -0.1) is 0 Å². The number of sulfonamides is 1. The van der Waals surface area contributed by atoms with Gasteiger partial charge in [-0.05, 0) is 48.9 Å². The molecule has 0 bridgehead atoms. The number of aryl methyl sites for hydroxylation is 1. The molecule has 1 fully saturated rings. The van der Waals surface area contributed by atoms with Crippen LogP contribution >= 0.6 is 0 Å². The minimum Gasteiger partial charge on any atom is -0.326 e. The van der Waals surface area contributed by atoms with Crippen LogP contribution in [0.25, 0.3) is 0 Å². The topological polar surface area (TPSA) is 75.3 Å². The van der Waals surface area contributed by atoms with Gasteiger partial charge in [0.2, 0.25) is 15.9 Å². The Morgan fingerprint density at radius 1 is 1.14 bits per heavy atom. The number of benzene rings is 1. The van der Waals surface area contributed by atoms with E-state index in [0.717, 1.165) is 24.1 Å². The first kappa shape index (κ1) is 15.5. The summed E-state index contributed by atoms with van der Waals surface area (Å²) >= 11 is 0. The number of carbonyl (C=O) groups excluding carboxylic acids is 1. The molecule has 22 heavy (non-hydrogen) atoms. The van der Waals surface area contributed by atoms with E-state index in [1.165, 1.54) is 19.3 Å².